The van der Waals surface area contributed by atoms with Crippen LogP contribution in [0.1, 0.15) is 11.1 Å². The van der Waals surface area contributed by atoms with E-state index >= 15 is 0 Å². The summed E-state index contributed by atoms with van der Waals surface area (Å²) in [4.78, 5) is 0. The summed E-state index contributed by atoms with van der Waals surface area (Å²) in [6.07, 6.45) is 0. The fourth-order valence-corrected chi connectivity index (χ4v) is 3.00. The first-order valence-electron chi connectivity index (χ1n) is 8.73. The van der Waals surface area contributed by atoms with Crippen molar-refractivity contribution in [2.45, 2.75) is 13.2 Å². The molecule has 0 aromatic heterocycles. The van der Waals surface area contributed by atoms with Gasteiger partial charge in [0, 0.05) is 12.1 Å². The number of nitrogens with two attached hydrogens (primary N) is 1. The molecule has 4 heteroatoms. The second kappa shape index (κ2) is 7.50. The fourth-order valence-electron chi connectivity index (χ4n) is 3.00. The van der Waals surface area contributed by atoms with Crippen LogP contribution < -0.4 is 19.9 Å². The van der Waals surface area contributed by atoms with Crippen LogP contribution in [0.3, 0.4) is 0 Å². The first kappa shape index (κ1) is 16.5. The second-order valence-electron chi connectivity index (χ2n) is 6.16. The zero-order valence-electron chi connectivity index (χ0n) is 14.5. The first-order chi connectivity index (χ1) is 12.8. The van der Waals surface area contributed by atoms with Gasteiger partial charge in [-0.25, -0.2) is 0 Å². The third kappa shape index (κ3) is 3.51. The number of fused-ring (bicyclic) bond motifs is 1. The van der Waals surface area contributed by atoms with Gasteiger partial charge in [-0.2, -0.15) is 0 Å². The molecule has 0 bridgehead atoms. The molecule has 4 rings (SSSR count). The third-order valence-electron chi connectivity index (χ3n) is 4.40. The van der Waals surface area contributed by atoms with E-state index in [0.717, 1.165) is 39.5 Å². The van der Waals surface area contributed by atoms with Gasteiger partial charge in [0.2, 0.25) is 0 Å². The average molecular weight is 347 g/mol. The molecule has 0 fully saturated rings. The molecule has 0 atom stereocenters. The summed E-state index contributed by atoms with van der Waals surface area (Å²) in [5, 5.41) is 0. The molecule has 0 saturated heterocycles. The zero-order chi connectivity index (χ0) is 17.8. The molecule has 1 aliphatic heterocycles. The van der Waals surface area contributed by atoms with Gasteiger partial charge in [-0.3, -0.25) is 0 Å². The Morgan fingerprint density at radius 3 is 2.35 bits per heavy atom. The Labute approximate surface area is 153 Å². The maximum atomic E-state index is 6.05. The number of hydrogen-bond donors (Lipinski definition) is 1. The third-order valence-corrected chi connectivity index (χ3v) is 4.40. The summed E-state index contributed by atoms with van der Waals surface area (Å²) >= 11 is 0. The Bertz CT molecular complexity index is 893. The van der Waals surface area contributed by atoms with Gasteiger partial charge in [0.1, 0.15) is 25.6 Å². The van der Waals surface area contributed by atoms with Gasteiger partial charge in [-0.15, -0.1) is 0 Å². The molecule has 0 unspecified atom stereocenters. The minimum atomic E-state index is 0.436. The van der Waals surface area contributed by atoms with E-state index in [0.29, 0.717) is 26.4 Å². The van der Waals surface area contributed by atoms with Crippen molar-refractivity contribution in [2.24, 2.45) is 5.73 Å². The van der Waals surface area contributed by atoms with Crippen molar-refractivity contribution in [3.8, 4) is 28.4 Å². The highest BCUT2D eigenvalue weighted by molar-refractivity contribution is 5.69. The predicted octanol–water partition coefficient (Wildman–Crippen LogP) is 4.16. The summed E-state index contributed by atoms with van der Waals surface area (Å²) in [6.45, 7) is 2.12. The summed E-state index contributed by atoms with van der Waals surface area (Å²) in [5.41, 5.74) is 10.1. The number of benzene rings is 3. The molecule has 0 spiro atoms. The normalized spacial score (nSPS) is 12.7. The van der Waals surface area contributed by atoms with Crippen LogP contribution in [-0.2, 0) is 13.2 Å². The van der Waals surface area contributed by atoms with Gasteiger partial charge < -0.3 is 19.9 Å². The number of ether oxygens (including phenoxy) is 3. The van der Waals surface area contributed by atoms with Crippen molar-refractivity contribution in [3.63, 3.8) is 0 Å². The fraction of sp³-hybridized carbons (Fsp3) is 0.182. The van der Waals surface area contributed by atoms with E-state index < -0.39 is 0 Å². The Morgan fingerprint density at radius 2 is 1.54 bits per heavy atom. The van der Waals surface area contributed by atoms with E-state index in [1.165, 1.54) is 0 Å². The lowest BCUT2D eigenvalue weighted by Crippen LogP contribution is -2.15. The molecule has 0 amide bonds. The van der Waals surface area contributed by atoms with Gasteiger partial charge >= 0.3 is 0 Å². The Balaban J connectivity index is 1.61. The lowest BCUT2D eigenvalue weighted by molar-refractivity contribution is 0.171. The Hall–Kier alpha value is -2.98. The highest BCUT2D eigenvalue weighted by Gasteiger charge is 2.13. The molecule has 26 heavy (non-hydrogen) atoms. The van der Waals surface area contributed by atoms with E-state index in [1.807, 2.05) is 60.7 Å². The van der Waals surface area contributed by atoms with Crippen LogP contribution in [0.15, 0.2) is 66.7 Å². The lowest BCUT2D eigenvalue weighted by Gasteiger charge is -2.19. The topological polar surface area (TPSA) is 53.7 Å². The van der Waals surface area contributed by atoms with E-state index in [9.17, 15) is 0 Å². The second-order valence-corrected chi connectivity index (χ2v) is 6.16. The quantitative estimate of drug-likeness (QED) is 0.753. The van der Waals surface area contributed by atoms with Crippen LogP contribution >= 0.6 is 0 Å². The minimum absolute atomic E-state index is 0.436. The van der Waals surface area contributed by atoms with Crippen molar-refractivity contribution in [1.29, 1.82) is 0 Å². The van der Waals surface area contributed by atoms with E-state index in [-0.39, 0.29) is 0 Å². The molecular weight excluding hydrogens is 326 g/mol. The standard InChI is InChI=1S/C22H21NO3/c23-14-19-7-6-17(12-21(19)26-15-16-4-2-1-3-5-16)18-8-9-20-22(13-18)25-11-10-24-20/h1-9,12-13H,10-11,14-15,23H2. The van der Waals surface area contributed by atoms with Gasteiger partial charge in [-0.1, -0.05) is 48.5 Å². The van der Waals surface area contributed by atoms with E-state index in [4.69, 9.17) is 19.9 Å². The minimum Gasteiger partial charge on any atom is -0.489 e. The van der Waals surface area contributed by atoms with Crippen molar-refractivity contribution < 1.29 is 14.2 Å². The maximum Gasteiger partial charge on any atom is 0.161 e. The molecule has 0 saturated carbocycles. The van der Waals surface area contributed by atoms with Crippen molar-refractivity contribution >= 4 is 0 Å². The van der Waals surface area contributed by atoms with E-state index in [2.05, 4.69) is 6.07 Å². The molecule has 2 N–H and O–H groups in total. The zero-order valence-corrected chi connectivity index (χ0v) is 14.5. The largest absolute Gasteiger partial charge is 0.489 e. The molecule has 3 aromatic carbocycles. The predicted molar refractivity (Wildman–Crippen MR) is 102 cm³/mol. The molecule has 3 aromatic rings. The molecule has 0 radical (unpaired) electrons. The summed E-state index contributed by atoms with van der Waals surface area (Å²) in [6, 6.07) is 22.2. The molecule has 1 heterocycles. The monoisotopic (exact) mass is 347 g/mol. The SMILES string of the molecule is NCc1ccc(-c2ccc3c(c2)OCCO3)cc1OCc1ccccc1. The Morgan fingerprint density at radius 1 is 0.808 bits per heavy atom. The maximum absolute atomic E-state index is 6.05. The molecule has 4 nitrogen and oxygen atoms in total. The first-order valence-corrected chi connectivity index (χ1v) is 8.73. The van der Waals surface area contributed by atoms with Gasteiger partial charge in [-0.05, 0) is 34.9 Å². The van der Waals surface area contributed by atoms with Crippen LogP contribution in [0.4, 0.5) is 0 Å². The lowest BCUT2D eigenvalue weighted by atomic mass is 10.0. The average Bonchev–Trinajstić information content (AvgIpc) is 2.72. The van der Waals surface area contributed by atoms with Gasteiger partial charge in [0.05, 0.1) is 0 Å². The summed E-state index contributed by atoms with van der Waals surface area (Å²) in [7, 11) is 0. The van der Waals surface area contributed by atoms with Crippen molar-refractivity contribution in [2.75, 3.05) is 13.2 Å². The molecule has 0 aliphatic carbocycles. The summed E-state index contributed by atoms with van der Waals surface area (Å²) in [5.74, 6) is 2.38. The van der Waals surface area contributed by atoms with Crippen LogP contribution in [0.25, 0.3) is 11.1 Å². The molecular formula is C22H21NO3. The van der Waals surface area contributed by atoms with Crippen LogP contribution in [-0.4, -0.2) is 13.2 Å². The molecule has 132 valence electrons. The smallest absolute Gasteiger partial charge is 0.161 e. The van der Waals surface area contributed by atoms with E-state index in [1.54, 1.807) is 0 Å². The van der Waals surface area contributed by atoms with Gasteiger partial charge in [0.25, 0.3) is 0 Å². The highest BCUT2D eigenvalue weighted by atomic mass is 16.6. The summed E-state index contributed by atoms with van der Waals surface area (Å²) < 4.78 is 17.3. The Kier molecular flexibility index (Phi) is 4.75. The van der Waals surface area contributed by atoms with Gasteiger partial charge in [0.15, 0.2) is 11.5 Å². The van der Waals surface area contributed by atoms with Crippen LogP contribution in [0, 0.1) is 0 Å². The van der Waals surface area contributed by atoms with Crippen LogP contribution in [0.2, 0.25) is 0 Å². The highest BCUT2D eigenvalue weighted by Crippen LogP contribution is 2.36. The van der Waals surface area contributed by atoms with Crippen molar-refractivity contribution in [3.05, 3.63) is 77.9 Å². The molecule has 1 aliphatic rings. The number of rotatable bonds is 5. The van der Waals surface area contributed by atoms with Crippen molar-refractivity contribution in [1.82, 2.24) is 0 Å². The number of hydrogen-bond acceptors (Lipinski definition) is 4. The van der Waals surface area contributed by atoms with Crippen LogP contribution in [0.5, 0.6) is 17.2 Å².